The first-order valence-electron chi connectivity index (χ1n) is 6.72. The zero-order valence-corrected chi connectivity index (χ0v) is 11.2. The van der Waals surface area contributed by atoms with E-state index in [2.05, 4.69) is 34.6 Å². The van der Waals surface area contributed by atoms with Crippen LogP contribution in [0.5, 0.6) is 0 Å². The molecule has 0 amide bonds. The fourth-order valence-corrected chi connectivity index (χ4v) is 1.14. The van der Waals surface area contributed by atoms with E-state index in [1.165, 1.54) is 51.4 Å². The molecule has 0 saturated carbocycles. The average Bonchev–Trinajstić information content (AvgIpc) is 2.24. The van der Waals surface area contributed by atoms with Crippen LogP contribution >= 0.6 is 0 Å². The lowest BCUT2D eigenvalue weighted by Gasteiger charge is -1.98. The molecule has 0 aromatic heterocycles. The molecule has 0 aromatic carbocycles. The van der Waals surface area contributed by atoms with Crippen molar-refractivity contribution in [3.8, 4) is 0 Å². The Morgan fingerprint density at radius 2 is 1.00 bits per heavy atom. The largest absolute Gasteiger partial charge is 0.0654 e. The van der Waals surface area contributed by atoms with Crippen LogP contribution in [0.15, 0.2) is 0 Å². The summed E-state index contributed by atoms with van der Waals surface area (Å²) in [5, 5.41) is 0. The Kier molecular flexibility index (Phi) is 18.2. The van der Waals surface area contributed by atoms with Gasteiger partial charge in [0, 0.05) is 0 Å². The van der Waals surface area contributed by atoms with Crippen molar-refractivity contribution in [1.82, 2.24) is 0 Å². The van der Waals surface area contributed by atoms with Gasteiger partial charge >= 0.3 is 0 Å². The van der Waals surface area contributed by atoms with Crippen LogP contribution in [0, 0.1) is 5.92 Å². The lowest BCUT2D eigenvalue weighted by atomic mass is 10.1. The van der Waals surface area contributed by atoms with Gasteiger partial charge in [0.1, 0.15) is 0 Å². The lowest BCUT2D eigenvalue weighted by Crippen LogP contribution is -1.85. The minimum Gasteiger partial charge on any atom is -0.0654 e. The topological polar surface area (TPSA) is 0 Å². The number of hydrogen-bond acceptors (Lipinski definition) is 0. The van der Waals surface area contributed by atoms with Crippen molar-refractivity contribution in [1.29, 1.82) is 0 Å². The first-order valence-corrected chi connectivity index (χ1v) is 6.72. The lowest BCUT2D eigenvalue weighted by molar-refractivity contribution is 0.544. The highest BCUT2D eigenvalue weighted by molar-refractivity contribution is 4.41. The van der Waals surface area contributed by atoms with Gasteiger partial charge in [-0.1, -0.05) is 86.0 Å². The molecular weight excluding hydrogens is 168 g/mol. The molecule has 0 N–H and O–H groups in total. The molecule has 0 fully saturated rings. The zero-order valence-electron chi connectivity index (χ0n) is 11.2. The van der Waals surface area contributed by atoms with Crippen LogP contribution < -0.4 is 0 Å². The molecular formula is C14H32. The highest BCUT2D eigenvalue weighted by Crippen LogP contribution is 2.03. The van der Waals surface area contributed by atoms with Crippen LogP contribution in [0.3, 0.4) is 0 Å². The SMILES string of the molecule is CCC(C)CC.CCCCCCCC. The number of rotatable bonds is 7. The van der Waals surface area contributed by atoms with Gasteiger partial charge < -0.3 is 0 Å². The van der Waals surface area contributed by atoms with Gasteiger partial charge in [-0.2, -0.15) is 0 Å². The van der Waals surface area contributed by atoms with Crippen LogP contribution in [0.4, 0.5) is 0 Å². The van der Waals surface area contributed by atoms with E-state index in [0.717, 1.165) is 5.92 Å². The van der Waals surface area contributed by atoms with E-state index in [0.29, 0.717) is 0 Å². The molecule has 0 saturated heterocycles. The van der Waals surface area contributed by atoms with Gasteiger partial charge in [-0.25, -0.2) is 0 Å². The summed E-state index contributed by atoms with van der Waals surface area (Å²) >= 11 is 0. The molecule has 0 heteroatoms. The standard InChI is InChI=1S/C8H18.C6H14/c1-3-5-7-8-6-4-2;1-4-6(3)5-2/h3-8H2,1-2H3;6H,4-5H2,1-3H3. The molecule has 0 heterocycles. The van der Waals surface area contributed by atoms with E-state index in [1.54, 1.807) is 0 Å². The smallest absolute Gasteiger partial charge is 0.0448 e. The van der Waals surface area contributed by atoms with Crippen LogP contribution in [-0.2, 0) is 0 Å². The van der Waals surface area contributed by atoms with Crippen molar-refractivity contribution in [2.24, 2.45) is 5.92 Å². The molecule has 0 bridgehead atoms. The Morgan fingerprint density at radius 3 is 1.14 bits per heavy atom. The van der Waals surface area contributed by atoms with Gasteiger partial charge in [-0.15, -0.1) is 0 Å². The highest BCUT2D eigenvalue weighted by Gasteiger charge is 1.88. The predicted octanol–water partition coefficient (Wildman–Crippen LogP) is 5.81. The van der Waals surface area contributed by atoms with E-state index >= 15 is 0 Å². The predicted molar refractivity (Wildman–Crippen MR) is 68.8 cm³/mol. The van der Waals surface area contributed by atoms with E-state index < -0.39 is 0 Å². The van der Waals surface area contributed by atoms with Gasteiger partial charge in [0.25, 0.3) is 0 Å². The van der Waals surface area contributed by atoms with E-state index in [4.69, 9.17) is 0 Å². The molecule has 0 spiro atoms. The zero-order chi connectivity index (χ0) is 11.2. The van der Waals surface area contributed by atoms with Crippen LogP contribution in [-0.4, -0.2) is 0 Å². The maximum atomic E-state index is 2.28. The van der Waals surface area contributed by atoms with Crippen molar-refractivity contribution in [3.05, 3.63) is 0 Å². The van der Waals surface area contributed by atoms with Crippen LogP contribution in [0.1, 0.15) is 86.0 Å². The van der Waals surface area contributed by atoms with Crippen LogP contribution in [0.2, 0.25) is 0 Å². The first kappa shape index (κ1) is 16.4. The number of unbranched alkanes of at least 4 members (excludes halogenated alkanes) is 5. The summed E-state index contributed by atoms with van der Waals surface area (Å²) in [6.07, 6.45) is 11.1. The summed E-state index contributed by atoms with van der Waals surface area (Å²) in [6, 6.07) is 0. The monoisotopic (exact) mass is 200 g/mol. The molecule has 0 aliphatic carbocycles. The summed E-state index contributed by atoms with van der Waals surface area (Å²) in [4.78, 5) is 0. The molecule has 0 aliphatic rings. The Balaban J connectivity index is 0. The fraction of sp³-hybridized carbons (Fsp3) is 1.00. The molecule has 0 nitrogen and oxygen atoms in total. The normalized spacial score (nSPS) is 9.86. The minimum absolute atomic E-state index is 0.935. The molecule has 14 heavy (non-hydrogen) atoms. The summed E-state index contributed by atoms with van der Waals surface area (Å²) in [5.41, 5.74) is 0. The summed E-state index contributed by atoms with van der Waals surface area (Å²) in [5.74, 6) is 0.935. The maximum absolute atomic E-state index is 2.28. The van der Waals surface area contributed by atoms with Crippen molar-refractivity contribution < 1.29 is 0 Å². The first-order chi connectivity index (χ1) is 6.72. The molecule has 0 rings (SSSR count). The van der Waals surface area contributed by atoms with Gasteiger partial charge in [0.2, 0.25) is 0 Å². The molecule has 0 unspecified atom stereocenters. The van der Waals surface area contributed by atoms with E-state index in [9.17, 15) is 0 Å². The van der Waals surface area contributed by atoms with Gasteiger partial charge in [0.15, 0.2) is 0 Å². The second kappa shape index (κ2) is 15.5. The van der Waals surface area contributed by atoms with Crippen molar-refractivity contribution in [2.75, 3.05) is 0 Å². The summed E-state index contributed by atoms with van der Waals surface area (Å²) < 4.78 is 0. The molecule has 88 valence electrons. The maximum Gasteiger partial charge on any atom is -0.0448 e. The van der Waals surface area contributed by atoms with Gasteiger partial charge in [0.05, 0.1) is 0 Å². The van der Waals surface area contributed by atoms with E-state index in [-0.39, 0.29) is 0 Å². The van der Waals surface area contributed by atoms with E-state index in [1.807, 2.05) is 0 Å². The molecule has 0 aromatic rings. The molecule has 0 atom stereocenters. The third-order valence-corrected chi connectivity index (χ3v) is 2.85. The fourth-order valence-electron chi connectivity index (χ4n) is 1.14. The van der Waals surface area contributed by atoms with Crippen molar-refractivity contribution in [2.45, 2.75) is 86.0 Å². The van der Waals surface area contributed by atoms with Crippen molar-refractivity contribution >= 4 is 0 Å². The minimum atomic E-state index is 0.935. The van der Waals surface area contributed by atoms with Gasteiger partial charge in [-0.05, 0) is 5.92 Å². The second-order valence-corrected chi connectivity index (χ2v) is 4.34. The molecule has 0 radical (unpaired) electrons. The summed E-state index contributed by atoms with van der Waals surface area (Å²) in [7, 11) is 0. The third-order valence-electron chi connectivity index (χ3n) is 2.85. The average molecular weight is 200 g/mol. The molecule has 0 aliphatic heterocycles. The van der Waals surface area contributed by atoms with Gasteiger partial charge in [-0.3, -0.25) is 0 Å². The van der Waals surface area contributed by atoms with Crippen molar-refractivity contribution in [3.63, 3.8) is 0 Å². The quantitative estimate of drug-likeness (QED) is 0.455. The Bertz CT molecular complexity index is 66.1. The highest BCUT2D eigenvalue weighted by atomic mass is 13.9. The Morgan fingerprint density at radius 1 is 0.643 bits per heavy atom. The third kappa shape index (κ3) is 17.9. The summed E-state index contributed by atoms with van der Waals surface area (Å²) in [6.45, 7) is 11.3. The second-order valence-electron chi connectivity index (χ2n) is 4.34. The number of hydrogen-bond donors (Lipinski definition) is 0. The Hall–Kier alpha value is 0. The van der Waals surface area contributed by atoms with Crippen LogP contribution in [0.25, 0.3) is 0 Å². The Labute approximate surface area is 92.5 Å².